The summed E-state index contributed by atoms with van der Waals surface area (Å²) < 4.78 is 0. The SMILES string of the molecule is CC(=O)NCCc1cc(-c2ccccc2)cc2ccc(NC(=O)C3CCCC3)cc12. The lowest BCUT2D eigenvalue weighted by Crippen LogP contribution is -2.22. The van der Waals surface area contributed by atoms with Gasteiger partial charge in [-0.1, -0.05) is 55.3 Å². The van der Waals surface area contributed by atoms with Gasteiger partial charge >= 0.3 is 0 Å². The van der Waals surface area contributed by atoms with Gasteiger partial charge in [-0.2, -0.15) is 0 Å². The van der Waals surface area contributed by atoms with E-state index in [1.54, 1.807) is 0 Å². The third-order valence-electron chi connectivity index (χ3n) is 5.91. The summed E-state index contributed by atoms with van der Waals surface area (Å²) in [6.45, 7) is 2.12. The maximum atomic E-state index is 12.6. The van der Waals surface area contributed by atoms with E-state index in [9.17, 15) is 9.59 Å². The van der Waals surface area contributed by atoms with Gasteiger partial charge in [-0.05, 0) is 64.9 Å². The molecule has 1 saturated carbocycles. The minimum absolute atomic E-state index is 0.0250. The molecule has 1 fully saturated rings. The predicted octanol–water partition coefficient (Wildman–Crippen LogP) is 5.31. The molecule has 3 aromatic carbocycles. The summed E-state index contributed by atoms with van der Waals surface area (Å²) in [5.41, 5.74) is 4.33. The van der Waals surface area contributed by atoms with Crippen LogP contribution in [0.5, 0.6) is 0 Å². The molecule has 0 heterocycles. The number of benzene rings is 3. The normalized spacial score (nSPS) is 14.0. The molecule has 0 saturated heterocycles. The van der Waals surface area contributed by atoms with Gasteiger partial charge in [0.15, 0.2) is 0 Å². The maximum Gasteiger partial charge on any atom is 0.227 e. The van der Waals surface area contributed by atoms with Gasteiger partial charge in [-0.25, -0.2) is 0 Å². The monoisotopic (exact) mass is 400 g/mol. The van der Waals surface area contributed by atoms with Gasteiger partial charge in [0.2, 0.25) is 11.8 Å². The molecule has 4 nitrogen and oxygen atoms in total. The van der Waals surface area contributed by atoms with Crippen molar-refractivity contribution in [3.05, 3.63) is 66.2 Å². The summed E-state index contributed by atoms with van der Waals surface area (Å²) in [7, 11) is 0. The van der Waals surface area contributed by atoms with Crippen molar-refractivity contribution in [2.45, 2.75) is 39.0 Å². The summed E-state index contributed by atoms with van der Waals surface area (Å²) in [5.74, 6) is 0.246. The molecule has 0 aromatic heterocycles. The fraction of sp³-hybridized carbons (Fsp3) is 0.308. The highest BCUT2D eigenvalue weighted by Crippen LogP contribution is 2.31. The summed E-state index contributed by atoms with van der Waals surface area (Å²) in [4.78, 5) is 23.9. The van der Waals surface area contributed by atoms with E-state index in [0.717, 1.165) is 59.7 Å². The molecule has 0 spiro atoms. The molecule has 2 amide bonds. The first-order valence-electron chi connectivity index (χ1n) is 10.8. The van der Waals surface area contributed by atoms with Crippen molar-refractivity contribution in [1.82, 2.24) is 5.32 Å². The topological polar surface area (TPSA) is 58.2 Å². The molecule has 4 heteroatoms. The molecule has 1 aliphatic carbocycles. The number of amides is 2. The van der Waals surface area contributed by atoms with E-state index < -0.39 is 0 Å². The van der Waals surface area contributed by atoms with Crippen molar-refractivity contribution in [2.24, 2.45) is 5.92 Å². The Kier molecular flexibility index (Phi) is 6.12. The first-order chi connectivity index (χ1) is 14.6. The van der Waals surface area contributed by atoms with Crippen LogP contribution >= 0.6 is 0 Å². The smallest absolute Gasteiger partial charge is 0.227 e. The number of fused-ring (bicyclic) bond motifs is 1. The van der Waals surface area contributed by atoms with Gasteiger partial charge in [-0.15, -0.1) is 0 Å². The predicted molar refractivity (Wildman–Crippen MR) is 122 cm³/mol. The van der Waals surface area contributed by atoms with Gasteiger partial charge in [0.1, 0.15) is 0 Å². The second kappa shape index (κ2) is 9.12. The molecular formula is C26H28N2O2. The zero-order valence-corrected chi connectivity index (χ0v) is 17.4. The Morgan fingerprint density at radius 3 is 2.43 bits per heavy atom. The Labute approximate surface area is 177 Å². The van der Waals surface area contributed by atoms with E-state index in [2.05, 4.69) is 47.0 Å². The van der Waals surface area contributed by atoms with Crippen LogP contribution in [0.25, 0.3) is 21.9 Å². The number of carbonyl (C=O) groups is 2. The molecular weight excluding hydrogens is 372 g/mol. The third kappa shape index (κ3) is 4.70. The fourth-order valence-corrected chi connectivity index (χ4v) is 4.32. The van der Waals surface area contributed by atoms with E-state index >= 15 is 0 Å². The summed E-state index contributed by atoms with van der Waals surface area (Å²) in [6, 6.07) is 20.8. The number of hydrogen-bond donors (Lipinski definition) is 2. The second-order valence-corrected chi connectivity index (χ2v) is 8.14. The largest absolute Gasteiger partial charge is 0.356 e. The van der Waals surface area contributed by atoms with Crippen LogP contribution in [0.15, 0.2) is 60.7 Å². The number of anilines is 1. The lowest BCUT2D eigenvalue weighted by Gasteiger charge is -2.14. The highest BCUT2D eigenvalue weighted by molar-refractivity contribution is 5.97. The number of hydrogen-bond acceptors (Lipinski definition) is 2. The van der Waals surface area contributed by atoms with E-state index in [1.807, 2.05) is 24.3 Å². The average molecular weight is 401 g/mol. The number of carbonyl (C=O) groups excluding carboxylic acids is 2. The van der Waals surface area contributed by atoms with Gasteiger partial charge in [0.25, 0.3) is 0 Å². The minimum Gasteiger partial charge on any atom is -0.356 e. The van der Waals surface area contributed by atoms with Crippen molar-refractivity contribution in [3.8, 4) is 11.1 Å². The standard InChI is InChI=1S/C26H28N2O2/c1-18(29)27-14-13-22-16-23(19-7-3-2-4-8-19)15-21-11-12-24(17-25(21)22)28-26(30)20-9-5-6-10-20/h2-4,7-8,11-12,15-17,20H,5-6,9-10,13-14H2,1H3,(H,27,29)(H,28,30). The molecule has 4 rings (SSSR count). The van der Waals surface area contributed by atoms with Crippen LogP contribution in [-0.4, -0.2) is 18.4 Å². The van der Waals surface area contributed by atoms with E-state index in [1.165, 1.54) is 12.5 Å². The molecule has 0 radical (unpaired) electrons. The third-order valence-corrected chi connectivity index (χ3v) is 5.91. The fourth-order valence-electron chi connectivity index (χ4n) is 4.32. The van der Waals surface area contributed by atoms with Crippen LogP contribution in [0.4, 0.5) is 5.69 Å². The highest BCUT2D eigenvalue weighted by Gasteiger charge is 2.22. The molecule has 30 heavy (non-hydrogen) atoms. The quantitative estimate of drug-likeness (QED) is 0.589. The Morgan fingerprint density at radius 2 is 1.70 bits per heavy atom. The summed E-state index contributed by atoms with van der Waals surface area (Å²) >= 11 is 0. The number of nitrogens with one attached hydrogen (secondary N) is 2. The zero-order valence-electron chi connectivity index (χ0n) is 17.4. The molecule has 0 unspecified atom stereocenters. The van der Waals surface area contributed by atoms with Crippen molar-refractivity contribution >= 4 is 28.3 Å². The highest BCUT2D eigenvalue weighted by atomic mass is 16.2. The van der Waals surface area contributed by atoms with E-state index in [0.29, 0.717) is 6.54 Å². The van der Waals surface area contributed by atoms with Crippen molar-refractivity contribution in [2.75, 3.05) is 11.9 Å². The molecule has 154 valence electrons. The molecule has 0 atom stereocenters. The van der Waals surface area contributed by atoms with Gasteiger partial charge in [0.05, 0.1) is 0 Å². The Hall–Kier alpha value is -3.14. The molecule has 3 aromatic rings. The Bertz CT molecular complexity index is 1050. The molecule has 0 aliphatic heterocycles. The molecule has 1 aliphatic rings. The summed E-state index contributed by atoms with van der Waals surface area (Å²) in [5, 5.41) is 8.26. The van der Waals surface area contributed by atoms with Crippen LogP contribution in [0.2, 0.25) is 0 Å². The van der Waals surface area contributed by atoms with Crippen LogP contribution in [0.3, 0.4) is 0 Å². The van der Waals surface area contributed by atoms with Crippen molar-refractivity contribution in [1.29, 1.82) is 0 Å². The van der Waals surface area contributed by atoms with E-state index in [4.69, 9.17) is 0 Å². The van der Waals surface area contributed by atoms with Crippen LogP contribution in [-0.2, 0) is 16.0 Å². The first kappa shape index (κ1) is 20.1. The van der Waals surface area contributed by atoms with Crippen LogP contribution in [0, 0.1) is 5.92 Å². The lowest BCUT2D eigenvalue weighted by atomic mass is 9.95. The molecule has 0 bridgehead atoms. The maximum absolute atomic E-state index is 12.6. The summed E-state index contributed by atoms with van der Waals surface area (Å²) in [6.07, 6.45) is 5.00. The van der Waals surface area contributed by atoms with E-state index in [-0.39, 0.29) is 17.7 Å². The van der Waals surface area contributed by atoms with Gasteiger partial charge in [-0.3, -0.25) is 9.59 Å². The first-order valence-corrected chi connectivity index (χ1v) is 10.8. The van der Waals surface area contributed by atoms with Crippen molar-refractivity contribution < 1.29 is 9.59 Å². The molecule has 2 N–H and O–H groups in total. The second-order valence-electron chi connectivity index (χ2n) is 8.14. The Balaban J connectivity index is 1.67. The zero-order chi connectivity index (χ0) is 20.9. The lowest BCUT2D eigenvalue weighted by molar-refractivity contribution is -0.120. The Morgan fingerprint density at radius 1 is 0.933 bits per heavy atom. The minimum atomic E-state index is -0.0250. The van der Waals surface area contributed by atoms with Crippen LogP contribution in [0.1, 0.15) is 38.2 Å². The van der Waals surface area contributed by atoms with Crippen LogP contribution < -0.4 is 10.6 Å². The van der Waals surface area contributed by atoms with Crippen molar-refractivity contribution in [3.63, 3.8) is 0 Å². The van der Waals surface area contributed by atoms with Gasteiger partial charge in [0, 0.05) is 25.1 Å². The van der Waals surface area contributed by atoms with Gasteiger partial charge < -0.3 is 10.6 Å². The number of rotatable bonds is 6. The average Bonchev–Trinajstić information content (AvgIpc) is 3.29.